The van der Waals surface area contributed by atoms with E-state index in [1.165, 1.54) is 26.5 Å². The number of methoxy groups -OCH3 is 1. The van der Waals surface area contributed by atoms with E-state index in [1.807, 2.05) is 17.4 Å². The van der Waals surface area contributed by atoms with E-state index >= 15 is 0 Å². The summed E-state index contributed by atoms with van der Waals surface area (Å²) in [6.07, 6.45) is 5.56. The molecule has 3 aromatic rings. The molecule has 0 aliphatic carbocycles. The van der Waals surface area contributed by atoms with Crippen LogP contribution in [0, 0.1) is 0 Å². The summed E-state index contributed by atoms with van der Waals surface area (Å²) in [7, 11) is 5.87. The second-order valence-electron chi connectivity index (χ2n) is 6.26. The molecule has 2 aromatic carbocycles. The summed E-state index contributed by atoms with van der Waals surface area (Å²) < 4.78 is 10.4. The molecular formula is C21H24I2N2OS. The lowest BCUT2D eigenvalue weighted by molar-refractivity contribution is -0.668. The van der Waals surface area contributed by atoms with Gasteiger partial charge in [-0.1, -0.05) is 52.1 Å². The standard InChI is InChI=1S/C21H24IN2OS.HI/c1-23(2)17-11-8-16(9-12-17)10-13-20-24(15-5-14-22)21-18(25-3)6-4-7-19(21)26-20;/h4,6-13H,5,14-15H2,1-3H3;1H/q+1;/p-1. The number of hydrogen-bond acceptors (Lipinski definition) is 3. The van der Waals surface area contributed by atoms with Crippen molar-refractivity contribution < 1.29 is 33.3 Å². The highest BCUT2D eigenvalue weighted by molar-refractivity contribution is 14.1. The summed E-state index contributed by atoms with van der Waals surface area (Å²) in [5.41, 5.74) is 3.62. The molecule has 1 heterocycles. The molecular weight excluding hydrogens is 582 g/mol. The quantitative estimate of drug-likeness (QED) is 0.233. The van der Waals surface area contributed by atoms with Crippen molar-refractivity contribution in [2.24, 2.45) is 0 Å². The molecule has 0 bridgehead atoms. The summed E-state index contributed by atoms with van der Waals surface area (Å²) in [6, 6.07) is 14.9. The third-order valence-electron chi connectivity index (χ3n) is 4.28. The molecule has 0 spiro atoms. The largest absolute Gasteiger partial charge is 1.00 e. The van der Waals surface area contributed by atoms with Gasteiger partial charge in [-0.15, -0.1) is 0 Å². The molecule has 6 heteroatoms. The summed E-state index contributed by atoms with van der Waals surface area (Å²) in [5.74, 6) is 0.946. The zero-order valence-electron chi connectivity index (χ0n) is 15.8. The minimum Gasteiger partial charge on any atom is -1.00 e. The molecule has 144 valence electrons. The SMILES string of the molecule is COc1cccc2sc(/C=C/c3ccc(N(C)C)cc3)[n+](CCCI)c12.[I-]. The number of halogens is 2. The van der Waals surface area contributed by atoms with E-state index in [4.69, 9.17) is 4.74 Å². The third-order valence-corrected chi connectivity index (χ3v) is 6.15. The smallest absolute Gasteiger partial charge is 0.266 e. The molecule has 0 aliphatic heterocycles. The van der Waals surface area contributed by atoms with Gasteiger partial charge >= 0.3 is 0 Å². The lowest BCUT2D eigenvalue weighted by atomic mass is 10.2. The highest BCUT2D eigenvalue weighted by Crippen LogP contribution is 2.29. The highest BCUT2D eigenvalue weighted by atomic mass is 127. The summed E-state index contributed by atoms with van der Waals surface area (Å²) in [4.78, 5) is 2.11. The Kier molecular flexibility index (Phi) is 8.81. The molecule has 3 nitrogen and oxygen atoms in total. The van der Waals surface area contributed by atoms with Gasteiger partial charge in [0.05, 0.1) is 7.11 Å². The molecule has 0 atom stereocenters. The number of thiazole rings is 1. The van der Waals surface area contributed by atoms with Crippen LogP contribution in [0.25, 0.3) is 22.4 Å². The number of fused-ring (bicyclic) bond motifs is 1. The summed E-state index contributed by atoms with van der Waals surface area (Å²) in [6.45, 7) is 1.00. The zero-order valence-corrected chi connectivity index (χ0v) is 20.9. The Hall–Kier alpha value is -0.870. The number of alkyl halides is 1. The monoisotopic (exact) mass is 606 g/mol. The first kappa shape index (κ1) is 22.4. The average molecular weight is 606 g/mol. The fraction of sp³-hybridized carbons (Fsp3) is 0.286. The number of hydrogen-bond donors (Lipinski definition) is 0. The minimum absolute atomic E-state index is 0. The Morgan fingerprint density at radius 2 is 1.85 bits per heavy atom. The Bertz CT molecular complexity index is 904. The van der Waals surface area contributed by atoms with Gasteiger partial charge in [0.25, 0.3) is 10.5 Å². The molecule has 0 aliphatic rings. The maximum atomic E-state index is 5.62. The Balaban J connectivity index is 0.00000261. The van der Waals surface area contributed by atoms with E-state index in [0.717, 1.165) is 23.1 Å². The second kappa shape index (κ2) is 10.6. The number of anilines is 1. The lowest BCUT2D eigenvalue weighted by Gasteiger charge is -2.11. The van der Waals surface area contributed by atoms with Gasteiger partial charge in [-0.25, -0.2) is 0 Å². The number of rotatable bonds is 7. The fourth-order valence-corrected chi connectivity index (χ4v) is 4.36. The topological polar surface area (TPSA) is 16.4 Å². The maximum Gasteiger partial charge on any atom is 0.266 e. The molecule has 0 radical (unpaired) electrons. The molecule has 0 amide bonds. The van der Waals surface area contributed by atoms with E-state index in [2.05, 4.69) is 94.7 Å². The molecule has 27 heavy (non-hydrogen) atoms. The third kappa shape index (κ3) is 5.35. The number of ether oxygens (including phenoxy) is 1. The number of aromatic nitrogens is 1. The number of para-hydroxylation sites is 1. The van der Waals surface area contributed by atoms with Gasteiger partial charge in [-0.2, -0.15) is 4.57 Å². The first-order valence-electron chi connectivity index (χ1n) is 8.65. The van der Waals surface area contributed by atoms with Crippen LogP contribution < -0.4 is 38.2 Å². The Morgan fingerprint density at radius 1 is 1.11 bits per heavy atom. The Labute approximate surface area is 196 Å². The Morgan fingerprint density at radius 3 is 2.48 bits per heavy atom. The molecule has 0 unspecified atom stereocenters. The van der Waals surface area contributed by atoms with Gasteiger partial charge in [0, 0.05) is 36.7 Å². The van der Waals surface area contributed by atoms with Crippen LogP contribution in [0.4, 0.5) is 5.69 Å². The first-order valence-corrected chi connectivity index (χ1v) is 11.0. The molecule has 1 aromatic heterocycles. The van der Waals surface area contributed by atoms with E-state index in [9.17, 15) is 0 Å². The van der Waals surface area contributed by atoms with Crippen LogP contribution in [0.15, 0.2) is 42.5 Å². The minimum atomic E-state index is 0. The van der Waals surface area contributed by atoms with E-state index in [0.29, 0.717) is 0 Å². The maximum absolute atomic E-state index is 5.62. The molecule has 0 saturated carbocycles. The van der Waals surface area contributed by atoms with Crippen LogP contribution in [0.2, 0.25) is 0 Å². The highest BCUT2D eigenvalue weighted by Gasteiger charge is 2.22. The van der Waals surface area contributed by atoms with Gasteiger partial charge in [-0.3, -0.25) is 0 Å². The molecule has 0 fully saturated rings. The summed E-state index contributed by atoms with van der Waals surface area (Å²) in [5, 5.41) is 1.26. The van der Waals surface area contributed by atoms with Crippen LogP contribution in [0.1, 0.15) is 17.0 Å². The predicted octanol–water partition coefficient (Wildman–Crippen LogP) is 2.26. The van der Waals surface area contributed by atoms with Crippen LogP contribution in [-0.4, -0.2) is 25.6 Å². The van der Waals surface area contributed by atoms with Crippen LogP contribution in [0.5, 0.6) is 5.75 Å². The van der Waals surface area contributed by atoms with Crippen molar-refractivity contribution >= 4 is 62.0 Å². The van der Waals surface area contributed by atoms with E-state index in [1.54, 1.807) is 7.11 Å². The van der Waals surface area contributed by atoms with Crippen molar-refractivity contribution in [3.63, 3.8) is 0 Å². The zero-order chi connectivity index (χ0) is 18.5. The van der Waals surface area contributed by atoms with Crippen molar-refractivity contribution in [3.05, 3.63) is 53.0 Å². The first-order chi connectivity index (χ1) is 12.6. The van der Waals surface area contributed by atoms with Crippen molar-refractivity contribution in [2.75, 3.05) is 30.5 Å². The molecule has 0 saturated heterocycles. The second-order valence-corrected chi connectivity index (χ2v) is 8.40. The van der Waals surface area contributed by atoms with Crippen molar-refractivity contribution in [1.82, 2.24) is 0 Å². The number of nitrogens with zero attached hydrogens (tertiary/aromatic N) is 2. The van der Waals surface area contributed by atoms with Crippen LogP contribution in [0.3, 0.4) is 0 Å². The number of benzene rings is 2. The van der Waals surface area contributed by atoms with Crippen molar-refractivity contribution in [3.8, 4) is 5.75 Å². The predicted molar refractivity (Wildman–Crippen MR) is 122 cm³/mol. The molecule has 3 rings (SSSR count). The lowest BCUT2D eigenvalue weighted by Crippen LogP contribution is -3.00. The average Bonchev–Trinajstić information content (AvgIpc) is 3.02. The van der Waals surface area contributed by atoms with Crippen molar-refractivity contribution in [1.29, 1.82) is 0 Å². The van der Waals surface area contributed by atoms with Gasteiger partial charge < -0.3 is 33.6 Å². The van der Waals surface area contributed by atoms with Gasteiger partial charge in [0.2, 0.25) is 0 Å². The normalized spacial score (nSPS) is 11.0. The van der Waals surface area contributed by atoms with Crippen LogP contribution >= 0.6 is 33.9 Å². The van der Waals surface area contributed by atoms with E-state index in [-0.39, 0.29) is 24.0 Å². The number of aryl methyl sites for hydroxylation is 1. The van der Waals surface area contributed by atoms with Gasteiger partial charge in [0.15, 0.2) is 12.3 Å². The summed E-state index contributed by atoms with van der Waals surface area (Å²) >= 11 is 4.26. The fourth-order valence-electron chi connectivity index (χ4n) is 2.91. The van der Waals surface area contributed by atoms with Crippen LogP contribution in [-0.2, 0) is 6.54 Å². The van der Waals surface area contributed by atoms with Gasteiger partial charge in [0.1, 0.15) is 4.70 Å². The van der Waals surface area contributed by atoms with Crippen molar-refractivity contribution in [2.45, 2.75) is 13.0 Å². The van der Waals surface area contributed by atoms with E-state index < -0.39 is 0 Å². The van der Waals surface area contributed by atoms with Gasteiger partial charge in [-0.05, 0) is 35.9 Å². The molecule has 0 N–H and O–H groups in total.